The van der Waals surface area contributed by atoms with Crippen LogP contribution >= 0.6 is 0 Å². The molecule has 0 unspecified atom stereocenters. The van der Waals surface area contributed by atoms with E-state index in [1.165, 1.54) is 16.6 Å². The summed E-state index contributed by atoms with van der Waals surface area (Å²) in [5, 5.41) is 4.47. The molecular formula is C38H45N5O3. The van der Waals surface area contributed by atoms with Crippen LogP contribution < -0.4 is 10.2 Å². The molecule has 2 atom stereocenters. The van der Waals surface area contributed by atoms with E-state index in [9.17, 15) is 9.59 Å². The first kappa shape index (κ1) is 30.5. The number of para-hydroxylation sites is 1. The third-order valence-corrected chi connectivity index (χ3v) is 10.9. The standard InChI is InChI=1S/C38H45N5O3/c1-26-34(30-10-4-5-11-32(30)40-26)35-31(37(35,2)3)23-33(44)43(25-27-9-8-18-39-24-27)38(16-6-7-17-38)36(45)41-28-12-14-29(15-13-28)42-19-21-46-22-20-42/h4-5,8-15,18,24,31,35,40H,6-7,16-17,19-23,25H2,1-3H3,(H,41,45)/t31-,35-/m1/s1. The van der Waals surface area contributed by atoms with Crippen molar-refractivity contribution in [2.24, 2.45) is 11.3 Å². The van der Waals surface area contributed by atoms with E-state index in [0.29, 0.717) is 25.8 Å². The number of aryl methyl sites for hydroxylation is 1. The Labute approximate surface area is 271 Å². The van der Waals surface area contributed by atoms with Gasteiger partial charge in [-0.2, -0.15) is 0 Å². The highest BCUT2D eigenvalue weighted by atomic mass is 16.5. The molecule has 8 heteroatoms. The molecule has 2 aromatic heterocycles. The summed E-state index contributed by atoms with van der Waals surface area (Å²) in [7, 11) is 0. The number of anilines is 2. The van der Waals surface area contributed by atoms with Crippen LogP contribution in [0.2, 0.25) is 0 Å². The Morgan fingerprint density at radius 2 is 1.76 bits per heavy atom. The first-order valence-corrected chi connectivity index (χ1v) is 16.8. The number of carbonyl (C=O) groups is 2. The molecule has 3 aliphatic rings. The summed E-state index contributed by atoms with van der Waals surface area (Å²) < 4.78 is 5.50. The predicted molar refractivity (Wildman–Crippen MR) is 182 cm³/mol. The SMILES string of the molecule is Cc1[nH]c2ccccc2c1[C@H]1[C@@H](CC(=O)N(Cc2cccnc2)C2(C(=O)Nc3ccc(N4CCOCC4)cc3)CCCC2)C1(C)C. The monoisotopic (exact) mass is 619 g/mol. The van der Waals surface area contributed by atoms with E-state index in [1.807, 2.05) is 35.4 Å². The fourth-order valence-corrected chi connectivity index (χ4v) is 8.25. The lowest BCUT2D eigenvalue weighted by Gasteiger charge is -2.40. The molecule has 2 amide bonds. The van der Waals surface area contributed by atoms with Crippen molar-refractivity contribution in [2.75, 3.05) is 36.5 Å². The van der Waals surface area contributed by atoms with Crippen molar-refractivity contribution in [3.63, 3.8) is 0 Å². The number of aromatic nitrogens is 2. The maximum atomic E-state index is 14.6. The number of hydrogen-bond donors (Lipinski definition) is 2. The zero-order chi connectivity index (χ0) is 31.9. The quantitative estimate of drug-likeness (QED) is 0.215. The fourth-order valence-electron chi connectivity index (χ4n) is 8.25. The second-order valence-electron chi connectivity index (χ2n) is 14.0. The van der Waals surface area contributed by atoms with E-state index >= 15 is 0 Å². The van der Waals surface area contributed by atoms with E-state index < -0.39 is 5.54 Å². The molecular weight excluding hydrogens is 574 g/mol. The zero-order valence-corrected chi connectivity index (χ0v) is 27.2. The van der Waals surface area contributed by atoms with Crippen LogP contribution in [0.15, 0.2) is 73.1 Å². The van der Waals surface area contributed by atoms with Gasteiger partial charge in [-0.3, -0.25) is 14.6 Å². The van der Waals surface area contributed by atoms with Gasteiger partial charge in [0.15, 0.2) is 0 Å². The summed E-state index contributed by atoms with van der Waals surface area (Å²) in [6.45, 7) is 10.2. The Bertz CT molecular complexity index is 1700. The number of rotatable bonds is 9. The first-order chi connectivity index (χ1) is 22.3. The van der Waals surface area contributed by atoms with Gasteiger partial charge in [-0.15, -0.1) is 0 Å². The molecule has 8 nitrogen and oxygen atoms in total. The lowest BCUT2D eigenvalue weighted by atomic mass is 9.91. The van der Waals surface area contributed by atoms with Crippen molar-refractivity contribution in [1.29, 1.82) is 0 Å². The minimum atomic E-state index is -0.916. The number of H-pyrrole nitrogens is 1. The lowest BCUT2D eigenvalue weighted by molar-refractivity contribution is -0.146. The maximum Gasteiger partial charge on any atom is 0.250 e. The molecule has 0 bridgehead atoms. The molecule has 2 N–H and O–H groups in total. The maximum absolute atomic E-state index is 14.6. The summed E-state index contributed by atoms with van der Waals surface area (Å²) >= 11 is 0. The molecule has 0 spiro atoms. The van der Waals surface area contributed by atoms with Crippen LogP contribution in [0.5, 0.6) is 0 Å². The average molecular weight is 620 g/mol. The number of benzene rings is 2. The molecule has 46 heavy (non-hydrogen) atoms. The lowest BCUT2D eigenvalue weighted by Crippen LogP contribution is -2.57. The normalized spacial score (nSPS) is 21.7. The Kier molecular flexibility index (Phi) is 8.09. The Morgan fingerprint density at radius 3 is 2.48 bits per heavy atom. The predicted octanol–water partition coefficient (Wildman–Crippen LogP) is 6.82. The van der Waals surface area contributed by atoms with Crippen LogP contribution in [0.3, 0.4) is 0 Å². The van der Waals surface area contributed by atoms with E-state index in [0.717, 1.165) is 61.6 Å². The topological polar surface area (TPSA) is 90.6 Å². The van der Waals surface area contributed by atoms with Crippen molar-refractivity contribution < 1.29 is 14.3 Å². The number of amides is 2. The van der Waals surface area contributed by atoms with Crippen LogP contribution in [-0.4, -0.2) is 58.5 Å². The van der Waals surface area contributed by atoms with Gasteiger partial charge < -0.3 is 24.8 Å². The summed E-state index contributed by atoms with van der Waals surface area (Å²) in [5.74, 6) is 0.400. The highest BCUT2D eigenvalue weighted by Crippen LogP contribution is 2.67. The number of pyridine rings is 1. The smallest absolute Gasteiger partial charge is 0.250 e. The van der Waals surface area contributed by atoms with Crippen LogP contribution in [0.1, 0.15) is 68.7 Å². The van der Waals surface area contributed by atoms with Crippen molar-refractivity contribution in [2.45, 2.75) is 70.9 Å². The average Bonchev–Trinajstić information content (AvgIpc) is 3.42. The van der Waals surface area contributed by atoms with Crippen LogP contribution in [0, 0.1) is 18.3 Å². The number of fused-ring (bicyclic) bond motifs is 1. The fraction of sp³-hybridized carbons (Fsp3) is 0.447. The van der Waals surface area contributed by atoms with E-state index in [-0.39, 0.29) is 29.1 Å². The molecule has 2 aromatic carbocycles. The van der Waals surface area contributed by atoms with Gasteiger partial charge >= 0.3 is 0 Å². The van der Waals surface area contributed by atoms with Gasteiger partial charge in [0.1, 0.15) is 5.54 Å². The van der Waals surface area contributed by atoms with Gasteiger partial charge in [0, 0.05) is 66.4 Å². The second kappa shape index (κ2) is 12.2. The van der Waals surface area contributed by atoms with Crippen LogP contribution in [0.25, 0.3) is 10.9 Å². The number of carbonyl (C=O) groups excluding carboxylic acids is 2. The number of hydrogen-bond acceptors (Lipinski definition) is 5. The molecule has 2 aliphatic carbocycles. The minimum absolute atomic E-state index is 0.0291. The number of nitrogens with zero attached hydrogens (tertiary/aromatic N) is 3. The van der Waals surface area contributed by atoms with Crippen molar-refractivity contribution in [3.8, 4) is 0 Å². The van der Waals surface area contributed by atoms with Gasteiger partial charge in [-0.05, 0) is 84.5 Å². The molecule has 240 valence electrons. The molecule has 1 saturated heterocycles. The first-order valence-electron chi connectivity index (χ1n) is 16.8. The van der Waals surface area contributed by atoms with Gasteiger partial charge in [-0.1, -0.05) is 51.0 Å². The highest BCUT2D eigenvalue weighted by molar-refractivity contribution is 6.01. The largest absolute Gasteiger partial charge is 0.378 e. The summed E-state index contributed by atoms with van der Waals surface area (Å²) in [5.41, 5.74) is 5.50. The summed E-state index contributed by atoms with van der Waals surface area (Å²) in [6.07, 6.45) is 7.07. The molecule has 0 radical (unpaired) electrons. The van der Waals surface area contributed by atoms with Gasteiger partial charge in [0.05, 0.1) is 13.2 Å². The van der Waals surface area contributed by atoms with E-state index in [4.69, 9.17) is 4.74 Å². The van der Waals surface area contributed by atoms with Gasteiger partial charge in [0.2, 0.25) is 11.8 Å². The number of morpholine rings is 1. The van der Waals surface area contributed by atoms with E-state index in [1.54, 1.807) is 6.20 Å². The molecule has 3 heterocycles. The second-order valence-corrected chi connectivity index (χ2v) is 14.0. The van der Waals surface area contributed by atoms with Crippen LogP contribution in [-0.2, 0) is 20.9 Å². The van der Waals surface area contributed by atoms with Gasteiger partial charge in [0.25, 0.3) is 0 Å². The van der Waals surface area contributed by atoms with Gasteiger partial charge in [-0.25, -0.2) is 0 Å². The van der Waals surface area contributed by atoms with Crippen molar-refractivity contribution in [1.82, 2.24) is 14.9 Å². The Morgan fingerprint density at radius 1 is 1.02 bits per heavy atom. The van der Waals surface area contributed by atoms with Crippen molar-refractivity contribution in [3.05, 3.63) is 89.9 Å². The number of nitrogens with one attached hydrogen (secondary N) is 2. The number of aromatic amines is 1. The molecule has 7 rings (SSSR count). The molecule has 4 aromatic rings. The summed E-state index contributed by atoms with van der Waals surface area (Å²) in [6, 6.07) is 20.4. The minimum Gasteiger partial charge on any atom is -0.378 e. The Hall–Kier alpha value is -4.17. The van der Waals surface area contributed by atoms with Crippen molar-refractivity contribution >= 4 is 34.1 Å². The number of ether oxygens (including phenoxy) is 1. The van der Waals surface area contributed by atoms with Crippen LogP contribution in [0.4, 0.5) is 11.4 Å². The molecule has 3 fully saturated rings. The molecule has 2 saturated carbocycles. The zero-order valence-electron chi connectivity index (χ0n) is 27.2. The molecule has 1 aliphatic heterocycles. The third-order valence-electron chi connectivity index (χ3n) is 10.9. The highest BCUT2D eigenvalue weighted by Gasteiger charge is 2.60. The summed E-state index contributed by atoms with van der Waals surface area (Å²) in [4.78, 5) is 41.1. The Balaban J connectivity index is 1.15. The van der Waals surface area contributed by atoms with E-state index in [2.05, 4.69) is 77.4 Å². The third kappa shape index (κ3) is 5.57.